The number of nitrogens with zero attached hydrogens (tertiary/aromatic N) is 2. The summed E-state index contributed by atoms with van der Waals surface area (Å²) in [5.41, 5.74) is 1.59. The molecule has 1 aromatic rings. The lowest BCUT2D eigenvalue weighted by atomic mass is 10.2. The maximum Gasteiger partial charge on any atom is 0.233 e. The van der Waals surface area contributed by atoms with Crippen molar-refractivity contribution in [2.75, 3.05) is 12.3 Å². The summed E-state index contributed by atoms with van der Waals surface area (Å²) >= 11 is 0. The molecule has 0 saturated carbocycles. The minimum Gasteiger partial charge on any atom is -0.355 e. The molecule has 1 unspecified atom stereocenters. The van der Waals surface area contributed by atoms with E-state index in [1.807, 2.05) is 20.8 Å². The first-order chi connectivity index (χ1) is 10.5. The van der Waals surface area contributed by atoms with E-state index in [4.69, 9.17) is 0 Å². The van der Waals surface area contributed by atoms with Crippen LogP contribution in [0, 0.1) is 5.92 Å². The summed E-state index contributed by atoms with van der Waals surface area (Å²) in [6.45, 7) is 8.76. The normalized spacial score (nSPS) is 12.4. The van der Waals surface area contributed by atoms with Crippen molar-refractivity contribution in [1.82, 2.24) is 15.3 Å². The van der Waals surface area contributed by atoms with Crippen LogP contribution in [-0.2, 0) is 28.4 Å². The fourth-order valence-corrected chi connectivity index (χ4v) is 3.07. The Balaban J connectivity index is 2.84. The monoisotopic (exact) mass is 325 g/mol. The van der Waals surface area contributed by atoms with E-state index in [1.54, 1.807) is 6.20 Å². The van der Waals surface area contributed by atoms with E-state index in [1.165, 1.54) is 0 Å². The molecular weight excluding hydrogens is 298 g/mol. The second-order valence-electron chi connectivity index (χ2n) is 5.80. The Hall–Kier alpha value is -1.30. The van der Waals surface area contributed by atoms with Crippen LogP contribution in [-0.4, -0.2) is 32.4 Å². The van der Waals surface area contributed by atoms with Gasteiger partial charge in [-0.1, -0.05) is 40.5 Å². The predicted octanol–water partition coefficient (Wildman–Crippen LogP) is 2.26. The first kappa shape index (κ1) is 18.7. The molecule has 1 N–H and O–H groups in total. The molecule has 22 heavy (non-hydrogen) atoms. The maximum absolute atomic E-state index is 12.5. The van der Waals surface area contributed by atoms with Crippen molar-refractivity contribution in [3.63, 3.8) is 0 Å². The highest BCUT2D eigenvalue weighted by molar-refractivity contribution is 7.85. The largest absolute Gasteiger partial charge is 0.355 e. The van der Waals surface area contributed by atoms with E-state index in [2.05, 4.69) is 22.2 Å². The zero-order chi connectivity index (χ0) is 16.5. The summed E-state index contributed by atoms with van der Waals surface area (Å²) in [6, 6.07) is 0. The highest BCUT2D eigenvalue weighted by Crippen LogP contribution is 2.13. The quantitative estimate of drug-likeness (QED) is 0.756. The van der Waals surface area contributed by atoms with E-state index in [-0.39, 0.29) is 11.7 Å². The summed E-state index contributed by atoms with van der Waals surface area (Å²) in [7, 11) is -1.44. The van der Waals surface area contributed by atoms with Crippen LogP contribution in [0.15, 0.2) is 11.2 Å². The summed E-state index contributed by atoms with van der Waals surface area (Å²) in [4.78, 5) is 20.7. The smallest absolute Gasteiger partial charge is 0.233 e. The number of hydrogen-bond acceptors (Lipinski definition) is 4. The van der Waals surface area contributed by atoms with Gasteiger partial charge in [0.2, 0.25) is 5.91 Å². The van der Waals surface area contributed by atoms with Gasteiger partial charge in [-0.25, -0.2) is 4.98 Å². The number of carbonyl (C=O) groups excluding carboxylic acids is 1. The molecule has 1 rings (SSSR count). The first-order valence-corrected chi connectivity index (χ1v) is 9.29. The van der Waals surface area contributed by atoms with E-state index in [0.717, 1.165) is 37.1 Å². The maximum atomic E-state index is 12.5. The van der Waals surface area contributed by atoms with Crippen molar-refractivity contribution in [1.29, 1.82) is 0 Å². The Labute approximate surface area is 135 Å². The summed E-state index contributed by atoms with van der Waals surface area (Å²) < 4.78 is 12.5. The van der Waals surface area contributed by atoms with Crippen molar-refractivity contribution in [2.45, 2.75) is 58.4 Å². The molecule has 5 nitrogen and oxygen atoms in total. The fraction of sp³-hybridized carbons (Fsp3) is 0.688. The molecule has 124 valence electrons. The van der Waals surface area contributed by atoms with Gasteiger partial charge in [0.1, 0.15) is 10.8 Å². The molecule has 0 aliphatic carbocycles. The molecule has 1 amide bonds. The molecule has 0 saturated heterocycles. The number of hydrogen-bond donors (Lipinski definition) is 1. The van der Waals surface area contributed by atoms with Crippen molar-refractivity contribution in [3.05, 3.63) is 17.6 Å². The zero-order valence-electron chi connectivity index (χ0n) is 14.0. The fourth-order valence-electron chi connectivity index (χ4n) is 1.96. The van der Waals surface area contributed by atoms with E-state index in [0.29, 0.717) is 17.5 Å². The van der Waals surface area contributed by atoms with Crippen molar-refractivity contribution < 1.29 is 9.00 Å². The van der Waals surface area contributed by atoms with Gasteiger partial charge in [-0.2, -0.15) is 0 Å². The van der Waals surface area contributed by atoms with Gasteiger partial charge >= 0.3 is 0 Å². The van der Waals surface area contributed by atoms with E-state index < -0.39 is 10.8 Å². The topological polar surface area (TPSA) is 72.0 Å². The third-order valence-electron chi connectivity index (χ3n) is 3.04. The highest BCUT2D eigenvalue weighted by Gasteiger charge is 2.17. The predicted molar refractivity (Wildman–Crippen MR) is 89.1 cm³/mol. The average Bonchev–Trinajstić information content (AvgIpc) is 2.47. The third-order valence-corrected chi connectivity index (χ3v) is 4.32. The molecule has 1 aromatic heterocycles. The minimum absolute atomic E-state index is 0.0479. The van der Waals surface area contributed by atoms with Gasteiger partial charge < -0.3 is 5.32 Å². The van der Waals surface area contributed by atoms with Gasteiger partial charge in [-0.15, -0.1) is 0 Å². The first-order valence-electron chi connectivity index (χ1n) is 7.97. The number of aryl methyl sites for hydroxylation is 2. The number of carbonyl (C=O) groups is 1. The van der Waals surface area contributed by atoms with Crippen LogP contribution in [0.25, 0.3) is 0 Å². The van der Waals surface area contributed by atoms with E-state index >= 15 is 0 Å². The molecule has 0 aliphatic heterocycles. The average molecular weight is 325 g/mol. The Morgan fingerprint density at radius 1 is 1.27 bits per heavy atom. The number of aromatic nitrogens is 2. The van der Waals surface area contributed by atoms with Crippen LogP contribution in [0.2, 0.25) is 0 Å². The van der Waals surface area contributed by atoms with Crippen molar-refractivity contribution in [3.8, 4) is 0 Å². The van der Waals surface area contributed by atoms with Crippen molar-refractivity contribution in [2.24, 2.45) is 5.92 Å². The molecule has 0 bridgehead atoms. The van der Waals surface area contributed by atoms with Crippen LogP contribution in [0.3, 0.4) is 0 Å². The molecule has 1 heterocycles. The van der Waals surface area contributed by atoms with Crippen molar-refractivity contribution >= 4 is 16.7 Å². The second kappa shape index (κ2) is 9.66. The van der Waals surface area contributed by atoms with Gasteiger partial charge in [-0.3, -0.25) is 14.0 Å². The van der Waals surface area contributed by atoms with Gasteiger partial charge in [0.25, 0.3) is 0 Å². The molecule has 0 fully saturated rings. The van der Waals surface area contributed by atoms with Crippen LogP contribution >= 0.6 is 0 Å². The number of amides is 1. The number of rotatable bonds is 9. The second-order valence-corrected chi connectivity index (χ2v) is 7.17. The molecule has 6 heteroatoms. The lowest BCUT2D eigenvalue weighted by molar-refractivity contribution is -0.118. The SMILES string of the molecule is CCCc1cnc(CCC)c(S(=O)CC(=O)NCC(C)C)n1. The van der Waals surface area contributed by atoms with Crippen LogP contribution < -0.4 is 5.32 Å². The summed E-state index contributed by atoms with van der Waals surface area (Å²) in [6.07, 6.45) is 5.17. The minimum atomic E-state index is -1.44. The van der Waals surface area contributed by atoms with Gasteiger partial charge in [0.05, 0.1) is 22.2 Å². The molecule has 1 atom stereocenters. The van der Waals surface area contributed by atoms with Crippen LogP contribution in [0.1, 0.15) is 51.9 Å². The Morgan fingerprint density at radius 2 is 1.95 bits per heavy atom. The zero-order valence-corrected chi connectivity index (χ0v) is 14.8. The Bertz CT molecular complexity index is 518. The van der Waals surface area contributed by atoms with Gasteiger partial charge in [0, 0.05) is 12.7 Å². The third kappa shape index (κ3) is 6.22. The van der Waals surface area contributed by atoms with Crippen LogP contribution in [0.4, 0.5) is 0 Å². The molecule has 0 radical (unpaired) electrons. The molecular formula is C16H27N3O2S. The Kier molecular flexibility index (Phi) is 8.24. The highest BCUT2D eigenvalue weighted by atomic mass is 32.2. The molecule has 0 spiro atoms. The standard InChI is InChI=1S/C16H27N3O2S/c1-5-7-13-10-17-14(8-6-2)16(19-13)22(21)11-15(20)18-9-12(3)4/h10,12H,5-9,11H2,1-4H3,(H,18,20). The lowest BCUT2D eigenvalue weighted by Gasteiger charge is -2.10. The molecule has 0 aromatic carbocycles. The Morgan fingerprint density at radius 3 is 2.55 bits per heavy atom. The lowest BCUT2D eigenvalue weighted by Crippen LogP contribution is -2.31. The molecule has 0 aliphatic rings. The van der Waals surface area contributed by atoms with Gasteiger partial charge in [0.15, 0.2) is 0 Å². The summed E-state index contributed by atoms with van der Waals surface area (Å²) in [5.74, 6) is 0.131. The van der Waals surface area contributed by atoms with Crippen LogP contribution in [0.5, 0.6) is 0 Å². The summed E-state index contributed by atoms with van der Waals surface area (Å²) in [5, 5.41) is 3.27. The van der Waals surface area contributed by atoms with Gasteiger partial charge in [-0.05, 0) is 18.8 Å². The van der Waals surface area contributed by atoms with E-state index in [9.17, 15) is 9.00 Å². The number of nitrogens with one attached hydrogen (secondary N) is 1.